The number of ether oxygens (including phenoxy) is 2. The van der Waals surface area contributed by atoms with Gasteiger partial charge in [-0.25, -0.2) is 9.97 Å². The summed E-state index contributed by atoms with van der Waals surface area (Å²) >= 11 is 0. The van der Waals surface area contributed by atoms with Crippen molar-refractivity contribution >= 4 is 44.4 Å². The Bertz CT molecular complexity index is 2350. The van der Waals surface area contributed by atoms with Gasteiger partial charge in [-0.3, -0.25) is 0 Å². The smallest absolute Gasteiger partial charge is 0.187 e. The fourth-order valence-corrected chi connectivity index (χ4v) is 8.60. The summed E-state index contributed by atoms with van der Waals surface area (Å²) in [6.45, 7) is 17.1. The zero-order chi connectivity index (χ0) is 39.3. The average Bonchev–Trinajstić information content (AvgIpc) is 3.86. The molecule has 0 spiro atoms. The topological polar surface area (TPSA) is 157 Å². The number of fused-ring (bicyclic) bond motifs is 8. The highest BCUT2D eigenvalue weighted by molar-refractivity contribution is 6.01. The second-order valence-electron chi connectivity index (χ2n) is 14.9. The van der Waals surface area contributed by atoms with Crippen LogP contribution in [0.25, 0.3) is 55.5 Å². The van der Waals surface area contributed by atoms with Gasteiger partial charge < -0.3 is 39.9 Å². The van der Waals surface area contributed by atoms with Crippen molar-refractivity contribution in [3.8, 4) is 11.1 Å². The first-order valence-electron chi connectivity index (χ1n) is 19.6. The van der Waals surface area contributed by atoms with Gasteiger partial charge in [0.1, 0.15) is 24.4 Å². The minimum Gasteiger partial charge on any atom is -0.394 e. The fourth-order valence-electron chi connectivity index (χ4n) is 8.60. The molecule has 3 aliphatic heterocycles. The molecule has 1 fully saturated rings. The molecule has 0 aliphatic carbocycles. The normalized spacial score (nSPS) is 21.6. The van der Waals surface area contributed by atoms with Crippen LogP contribution in [0, 0.1) is 13.8 Å². The Balaban J connectivity index is 1.45. The quantitative estimate of drug-likeness (QED) is 0.102. The number of aryl methyl sites for hydroxylation is 4. The van der Waals surface area contributed by atoms with E-state index in [4.69, 9.17) is 19.4 Å². The first kappa shape index (κ1) is 38.8. The summed E-state index contributed by atoms with van der Waals surface area (Å²) in [7, 11) is 0. The van der Waals surface area contributed by atoms with E-state index in [0.29, 0.717) is 0 Å². The molecule has 0 saturated carbocycles. The molecule has 0 amide bonds. The van der Waals surface area contributed by atoms with Crippen molar-refractivity contribution < 1.29 is 29.9 Å². The maximum Gasteiger partial charge on any atom is 0.187 e. The molecule has 6 N–H and O–H groups in total. The Morgan fingerprint density at radius 3 is 1.96 bits per heavy atom. The van der Waals surface area contributed by atoms with Crippen molar-refractivity contribution in [2.45, 2.75) is 118 Å². The first-order valence-corrected chi connectivity index (χ1v) is 19.6. The van der Waals surface area contributed by atoms with Gasteiger partial charge in [-0.1, -0.05) is 52.0 Å². The maximum absolute atomic E-state index is 10.5. The van der Waals surface area contributed by atoms with Crippen molar-refractivity contribution in [1.82, 2.24) is 19.9 Å². The predicted octanol–water partition coefficient (Wildman–Crippen LogP) is 7.72. The van der Waals surface area contributed by atoms with Crippen molar-refractivity contribution in [2.75, 3.05) is 6.61 Å². The molecular weight excluding hydrogens is 693 g/mol. The van der Waals surface area contributed by atoms with Crippen LogP contribution in [-0.4, -0.2) is 77.7 Å². The number of hydrogen-bond acceptors (Lipinski definition) is 8. The van der Waals surface area contributed by atoms with Gasteiger partial charge >= 0.3 is 0 Å². The third-order valence-electron chi connectivity index (χ3n) is 11.8. The molecule has 7 rings (SSSR count). The van der Waals surface area contributed by atoms with Gasteiger partial charge in [0, 0.05) is 22.1 Å². The SMILES string of the molecule is CCC1=C(C)c2cc3nc(c(-c4ccc(CO[C@H]5O[C@H](CO)[C@@H](O)[C@H](O)[C@H]5O)cc4)c4[nH]c(cc5[nH]c(cc1n2)c(CC)c5C)c(CC)c4C)C(C)=C3CC. The van der Waals surface area contributed by atoms with Gasteiger partial charge in [-0.05, 0) is 127 Å². The number of nitrogens with zero attached hydrogens (tertiary/aromatic N) is 2. The largest absolute Gasteiger partial charge is 0.394 e. The lowest BCUT2D eigenvalue weighted by Gasteiger charge is -2.39. The van der Waals surface area contributed by atoms with Crippen molar-refractivity contribution in [1.29, 1.82) is 0 Å². The van der Waals surface area contributed by atoms with Gasteiger partial charge in [-0.15, -0.1) is 0 Å². The molecule has 0 unspecified atom stereocenters. The van der Waals surface area contributed by atoms with E-state index in [9.17, 15) is 20.4 Å². The average molecular weight is 747 g/mol. The number of H-pyrrole nitrogens is 2. The number of aromatic nitrogens is 4. The van der Waals surface area contributed by atoms with Crippen molar-refractivity contribution in [3.05, 3.63) is 93.1 Å². The molecule has 0 radical (unpaired) electrons. The zero-order valence-electron chi connectivity index (χ0n) is 33.2. The van der Waals surface area contributed by atoms with Crippen LogP contribution in [0.3, 0.4) is 0 Å². The van der Waals surface area contributed by atoms with E-state index in [0.717, 1.165) is 92.8 Å². The van der Waals surface area contributed by atoms with Crippen LogP contribution in [0.1, 0.15) is 105 Å². The van der Waals surface area contributed by atoms with Crippen LogP contribution in [0.4, 0.5) is 0 Å². The van der Waals surface area contributed by atoms with Crippen molar-refractivity contribution in [2.24, 2.45) is 0 Å². The molecule has 4 aromatic rings. The first-order chi connectivity index (χ1) is 26.4. The van der Waals surface area contributed by atoms with E-state index in [2.05, 4.69) is 95.7 Å². The summed E-state index contributed by atoms with van der Waals surface area (Å²) < 4.78 is 11.4. The zero-order valence-corrected chi connectivity index (χ0v) is 33.2. The summed E-state index contributed by atoms with van der Waals surface area (Å²) in [5.41, 5.74) is 20.5. The van der Waals surface area contributed by atoms with Crippen LogP contribution in [0.5, 0.6) is 0 Å². The fraction of sp³-hybridized carbons (Fsp3) is 0.422. The van der Waals surface area contributed by atoms with Gasteiger partial charge in [-0.2, -0.15) is 0 Å². The van der Waals surface area contributed by atoms with E-state index in [1.54, 1.807) is 0 Å². The monoisotopic (exact) mass is 746 g/mol. The standard InChI is InChI=1S/C45H54N4O6/c1-9-28-22(5)32-17-36-30(11-3)24(7)40(48-36)39(27-15-13-26(14-16-27)21-54-45-44(53)43(52)42(51)38(20-50)55-45)41-25(8)31(12-4)37(49-41)18-33-23(6)29(10-2)35(47-33)19-34(28)46-32/h13-19,38,42-46,48,50-53H,9-12,20-21H2,1-8H3/t38-,42-,43+,44-,45+/m1/s1. The van der Waals surface area contributed by atoms with Gasteiger partial charge in [0.2, 0.25) is 0 Å². The Labute approximate surface area is 322 Å². The third kappa shape index (κ3) is 6.79. The Hall–Kier alpha value is -4.42. The number of rotatable bonds is 9. The minimum absolute atomic E-state index is 0.0774. The van der Waals surface area contributed by atoms with Crippen LogP contribution in [-0.2, 0) is 28.9 Å². The molecule has 8 bridgehead atoms. The second kappa shape index (κ2) is 15.6. The second-order valence-corrected chi connectivity index (χ2v) is 14.9. The number of hydrogen-bond donors (Lipinski definition) is 6. The minimum atomic E-state index is -1.50. The van der Waals surface area contributed by atoms with Crippen molar-refractivity contribution in [3.63, 3.8) is 0 Å². The van der Waals surface area contributed by atoms with E-state index >= 15 is 0 Å². The molecule has 5 atom stereocenters. The lowest BCUT2D eigenvalue weighted by Crippen LogP contribution is -2.59. The highest BCUT2D eigenvalue weighted by Crippen LogP contribution is 2.42. The molecule has 290 valence electrons. The van der Waals surface area contributed by atoms with Crippen LogP contribution in [0.2, 0.25) is 0 Å². The lowest BCUT2D eigenvalue weighted by molar-refractivity contribution is -0.304. The van der Waals surface area contributed by atoms with Crippen LogP contribution < -0.4 is 0 Å². The molecule has 10 nitrogen and oxygen atoms in total. The van der Waals surface area contributed by atoms with Gasteiger partial charge in [0.15, 0.2) is 6.29 Å². The summed E-state index contributed by atoms with van der Waals surface area (Å²) in [6.07, 6.45) is -3.22. The molecule has 10 heteroatoms. The molecular formula is C45H54N4O6. The Morgan fingerprint density at radius 1 is 0.673 bits per heavy atom. The molecule has 1 aromatic carbocycles. The van der Waals surface area contributed by atoms with E-state index in [1.165, 1.54) is 39.0 Å². The Morgan fingerprint density at radius 2 is 1.31 bits per heavy atom. The highest BCUT2D eigenvalue weighted by atomic mass is 16.7. The lowest BCUT2D eigenvalue weighted by atomic mass is 9.95. The number of aliphatic hydroxyl groups is 4. The number of allylic oxidation sites excluding steroid dienone is 4. The number of aromatic amines is 2. The molecule has 3 aromatic heterocycles. The summed E-state index contributed by atoms with van der Waals surface area (Å²) in [4.78, 5) is 18.3. The van der Waals surface area contributed by atoms with Gasteiger partial charge in [0.25, 0.3) is 0 Å². The van der Waals surface area contributed by atoms with Gasteiger partial charge in [0.05, 0.1) is 41.5 Å². The number of aliphatic hydroxyl groups excluding tert-OH is 4. The maximum atomic E-state index is 10.5. The number of benzene rings is 1. The molecule has 55 heavy (non-hydrogen) atoms. The highest BCUT2D eigenvalue weighted by Gasteiger charge is 2.44. The van der Waals surface area contributed by atoms with E-state index < -0.39 is 37.3 Å². The summed E-state index contributed by atoms with van der Waals surface area (Å²) in [6, 6.07) is 14.7. The summed E-state index contributed by atoms with van der Waals surface area (Å²) in [5.74, 6) is 0. The molecule has 1 saturated heterocycles. The predicted molar refractivity (Wildman–Crippen MR) is 219 cm³/mol. The third-order valence-corrected chi connectivity index (χ3v) is 11.8. The van der Waals surface area contributed by atoms with E-state index in [1.807, 2.05) is 12.1 Å². The number of nitrogens with one attached hydrogen (secondary N) is 2. The molecule has 3 aliphatic rings. The van der Waals surface area contributed by atoms with Crippen LogP contribution in [0.15, 0.2) is 42.5 Å². The summed E-state index contributed by atoms with van der Waals surface area (Å²) in [5, 5.41) is 40.5. The van der Waals surface area contributed by atoms with Crippen LogP contribution >= 0.6 is 0 Å². The Kier molecular flexibility index (Phi) is 11.0. The van der Waals surface area contributed by atoms with E-state index in [-0.39, 0.29) is 6.61 Å². The molecule has 6 heterocycles.